The molecule has 0 aliphatic heterocycles. The summed E-state index contributed by atoms with van der Waals surface area (Å²) in [5, 5.41) is 15.6. The van der Waals surface area contributed by atoms with E-state index in [2.05, 4.69) is 10.2 Å². The topological polar surface area (TPSA) is 58.1 Å². The zero-order valence-corrected chi connectivity index (χ0v) is 9.95. The van der Waals surface area contributed by atoms with Crippen molar-refractivity contribution in [2.75, 3.05) is 7.11 Å². The minimum Gasteiger partial charge on any atom is -0.479 e. The van der Waals surface area contributed by atoms with Gasteiger partial charge < -0.3 is 9.84 Å². The van der Waals surface area contributed by atoms with Gasteiger partial charge in [-0.1, -0.05) is 12.1 Å². The van der Waals surface area contributed by atoms with Crippen molar-refractivity contribution >= 4 is 0 Å². The van der Waals surface area contributed by atoms with E-state index in [1.807, 2.05) is 0 Å². The Bertz CT molecular complexity index is 540. The van der Waals surface area contributed by atoms with Gasteiger partial charge in [0.2, 0.25) is 5.88 Å². The summed E-state index contributed by atoms with van der Waals surface area (Å²) in [6.45, 7) is -0.313. The Morgan fingerprint density at radius 1 is 1.26 bits per heavy atom. The van der Waals surface area contributed by atoms with Gasteiger partial charge in [-0.15, -0.1) is 5.10 Å². The third kappa shape index (κ3) is 2.55. The molecular formula is C12H11F3N2O2. The number of alkyl halides is 3. The number of benzene rings is 1. The zero-order chi connectivity index (χ0) is 14.0. The highest BCUT2D eigenvalue weighted by molar-refractivity contribution is 5.71. The van der Waals surface area contributed by atoms with Crippen LogP contribution in [-0.2, 0) is 12.8 Å². The standard InChI is InChI=1S/C12H11F3N2O2/c1-19-11-10(9(6-18)16-17-11)7-2-4-8(5-3-7)12(13,14)15/h2-5,18H,6H2,1H3,(H,16,17). The smallest absolute Gasteiger partial charge is 0.416 e. The fraction of sp³-hybridized carbons (Fsp3) is 0.250. The quantitative estimate of drug-likeness (QED) is 0.903. The third-order valence-electron chi connectivity index (χ3n) is 2.66. The number of aliphatic hydroxyl groups excluding tert-OH is 1. The van der Waals surface area contributed by atoms with Crippen LogP contribution in [0.25, 0.3) is 11.1 Å². The number of aromatic nitrogens is 2. The molecule has 0 fully saturated rings. The first-order chi connectivity index (χ1) is 8.97. The molecule has 0 aliphatic rings. The van der Waals surface area contributed by atoms with Gasteiger partial charge in [0.25, 0.3) is 0 Å². The molecule has 0 aliphatic carbocycles. The lowest BCUT2D eigenvalue weighted by atomic mass is 10.0. The second kappa shape index (κ2) is 4.93. The molecule has 4 nitrogen and oxygen atoms in total. The van der Waals surface area contributed by atoms with E-state index in [9.17, 15) is 13.2 Å². The summed E-state index contributed by atoms with van der Waals surface area (Å²) in [5.41, 5.74) is 0.599. The Morgan fingerprint density at radius 2 is 1.89 bits per heavy atom. The Balaban J connectivity index is 2.45. The lowest BCUT2D eigenvalue weighted by Gasteiger charge is -2.08. The number of aliphatic hydroxyl groups is 1. The number of nitrogens with zero attached hydrogens (tertiary/aromatic N) is 1. The fourth-order valence-electron chi connectivity index (χ4n) is 1.74. The predicted octanol–water partition coefficient (Wildman–Crippen LogP) is 2.60. The van der Waals surface area contributed by atoms with Crippen LogP contribution in [0.1, 0.15) is 11.3 Å². The van der Waals surface area contributed by atoms with Gasteiger partial charge in [0.15, 0.2) is 0 Å². The van der Waals surface area contributed by atoms with Crippen molar-refractivity contribution in [3.8, 4) is 17.0 Å². The van der Waals surface area contributed by atoms with Gasteiger partial charge in [0, 0.05) is 0 Å². The minimum absolute atomic E-state index is 0.226. The van der Waals surface area contributed by atoms with Gasteiger partial charge in [-0.05, 0) is 17.7 Å². The van der Waals surface area contributed by atoms with E-state index < -0.39 is 11.7 Å². The molecule has 0 amide bonds. The number of rotatable bonds is 3. The molecule has 0 saturated heterocycles. The van der Waals surface area contributed by atoms with Crippen molar-refractivity contribution < 1.29 is 23.0 Å². The van der Waals surface area contributed by atoms with Gasteiger partial charge in [-0.25, -0.2) is 0 Å². The van der Waals surface area contributed by atoms with Crippen molar-refractivity contribution in [3.63, 3.8) is 0 Å². The molecule has 102 valence electrons. The molecule has 1 aromatic heterocycles. The van der Waals surface area contributed by atoms with Crippen LogP contribution in [0.4, 0.5) is 13.2 Å². The highest BCUT2D eigenvalue weighted by Crippen LogP contribution is 2.34. The van der Waals surface area contributed by atoms with Gasteiger partial charge in [-0.2, -0.15) is 13.2 Å². The second-order valence-corrected chi connectivity index (χ2v) is 3.82. The van der Waals surface area contributed by atoms with Crippen LogP contribution in [0.15, 0.2) is 24.3 Å². The average Bonchev–Trinajstić information content (AvgIpc) is 2.80. The number of hydrogen-bond donors (Lipinski definition) is 2. The summed E-state index contributed by atoms with van der Waals surface area (Å²) in [5.74, 6) is 0.226. The summed E-state index contributed by atoms with van der Waals surface area (Å²) in [6, 6.07) is 4.58. The van der Waals surface area contributed by atoms with E-state index in [1.54, 1.807) is 0 Å². The van der Waals surface area contributed by atoms with Crippen molar-refractivity contribution in [2.24, 2.45) is 0 Å². The zero-order valence-electron chi connectivity index (χ0n) is 9.95. The SMILES string of the molecule is COc1n[nH]c(CO)c1-c1ccc(C(F)(F)F)cc1. The molecule has 1 heterocycles. The molecule has 2 rings (SSSR count). The highest BCUT2D eigenvalue weighted by Gasteiger charge is 2.30. The van der Waals surface area contributed by atoms with Crippen LogP contribution in [0, 0.1) is 0 Å². The normalized spacial score (nSPS) is 11.6. The number of nitrogens with one attached hydrogen (secondary N) is 1. The molecule has 0 saturated carbocycles. The molecule has 0 spiro atoms. The van der Waals surface area contributed by atoms with Crippen molar-refractivity contribution in [3.05, 3.63) is 35.5 Å². The minimum atomic E-state index is -4.38. The Hall–Kier alpha value is -2.02. The van der Waals surface area contributed by atoms with Gasteiger partial charge in [-0.3, -0.25) is 5.10 Å². The maximum Gasteiger partial charge on any atom is 0.416 e. The predicted molar refractivity (Wildman–Crippen MR) is 61.5 cm³/mol. The van der Waals surface area contributed by atoms with Crippen molar-refractivity contribution in [1.29, 1.82) is 0 Å². The first kappa shape index (κ1) is 13.4. The molecule has 2 aromatic rings. The van der Waals surface area contributed by atoms with Crippen LogP contribution < -0.4 is 4.74 Å². The molecule has 0 unspecified atom stereocenters. The number of H-pyrrole nitrogens is 1. The van der Waals surface area contributed by atoms with E-state index >= 15 is 0 Å². The Labute approximate surface area is 106 Å². The monoisotopic (exact) mass is 272 g/mol. The summed E-state index contributed by atoms with van der Waals surface area (Å²) in [7, 11) is 1.39. The van der Waals surface area contributed by atoms with Crippen molar-refractivity contribution in [1.82, 2.24) is 10.2 Å². The summed E-state index contributed by atoms with van der Waals surface area (Å²) in [4.78, 5) is 0. The summed E-state index contributed by atoms with van der Waals surface area (Å²) >= 11 is 0. The molecule has 0 atom stereocenters. The second-order valence-electron chi connectivity index (χ2n) is 3.82. The Morgan fingerprint density at radius 3 is 2.37 bits per heavy atom. The van der Waals surface area contributed by atoms with Gasteiger partial charge in [0.1, 0.15) is 0 Å². The molecule has 1 aromatic carbocycles. The number of ether oxygens (including phenoxy) is 1. The number of methoxy groups -OCH3 is 1. The lowest BCUT2D eigenvalue weighted by molar-refractivity contribution is -0.137. The molecule has 19 heavy (non-hydrogen) atoms. The van der Waals surface area contributed by atoms with E-state index in [0.717, 1.165) is 12.1 Å². The van der Waals surface area contributed by atoms with Crippen LogP contribution >= 0.6 is 0 Å². The van der Waals surface area contributed by atoms with E-state index in [1.165, 1.54) is 19.2 Å². The van der Waals surface area contributed by atoms with Crippen LogP contribution in [0.3, 0.4) is 0 Å². The average molecular weight is 272 g/mol. The molecule has 0 radical (unpaired) electrons. The van der Waals surface area contributed by atoms with Crippen LogP contribution in [0.2, 0.25) is 0 Å². The maximum atomic E-state index is 12.5. The molecular weight excluding hydrogens is 261 g/mol. The third-order valence-corrected chi connectivity index (χ3v) is 2.66. The summed E-state index contributed by atoms with van der Waals surface area (Å²) in [6.07, 6.45) is -4.38. The van der Waals surface area contributed by atoms with Crippen LogP contribution in [-0.4, -0.2) is 22.4 Å². The number of aromatic amines is 1. The number of hydrogen-bond acceptors (Lipinski definition) is 3. The van der Waals surface area contributed by atoms with E-state index in [-0.39, 0.29) is 12.5 Å². The van der Waals surface area contributed by atoms with Crippen molar-refractivity contribution in [2.45, 2.75) is 12.8 Å². The molecule has 7 heteroatoms. The van der Waals surface area contributed by atoms with Gasteiger partial charge >= 0.3 is 6.18 Å². The van der Waals surface area contributed by atoms with Gasteiger partial charge in [0.05, 0.1) is 30.5 Å². The molecule has 0 bridgehead atoms. The Kier molecular flexibility index (Phi) is 3.48. The summed E-state index contributed by atoms with van der Waals surface area (Å²) < 4.78 is 42.4. The number of halogens is 3. The lowest BCUT2D eigenvalue weighted by Crippen LogP contribution is -2.04. The fourth-order valence-corrected chi connectivity index (χ4v) is 1.74. The largest absolute Gasteiger partial charge is 0.479 e. The first-order valence-electron chi connectivity index (χ1n) is 5.37. The highest BCUT2D eigenvalue weighted by atomic mass is 19.4. The van der Waals surface area contributed by atoms with E-state index in [4.69, 9.17) is 9.84 Å². The molecule has 2 N–H and O–H groups in total. The maximum absolute atomic E-state index is 12.5. The van der Waals surface area contributed by atoms with Crippen LogP contribution in [0.5, 0.6) is 5.88 Å². The van der Waals surface area contributed by atoms with E-state index in [0.29, 0.717) is 16.8 Å². The first-order valence-corrected chi connectivity index (χ1v) is 5.37.